The van der Waals surface area contributed by atoms with E-state index in [0.29, 0.717) is 17.2 Å². The molecule has 2 aromatic carbocycles. The van der Waals surface area contributed by atoms with Crippen LogP contribution in [0.15, 0.2) is 52.4 Å². The summed E-state index contributed by atoms with van der Waals surface area (Å²) < 4.78 is 2.22. The molecule has 0 aliphatic heterocycles. The van der Waals surface area contributed by atoms with Gasteiger partial charge in [0.25, 0.3) is 0 Å². The first kappa shape index (κ1) is 16.6. The second-order valence-corrected chi connectivity index (χ2v) is 6.90. The lowest BCUT2D eigenvalue weighted by atomic mass is 9.99. The third kappa shape index (κ3) is 2.22. The van der Waals surface area contributed by atoms with Crippen molar-refractivity contribution in [3.05, 3.63) is 69.4 Å². The number of hydrogen-bond acceptors (Lipinski definition) is 3. The predicted molar refractivity (Wildman–Crippen MR) is 106 cm³/mol. The molecular weight excluding hydrogens is 324 g/mol. The van der Waals surface area contributed by atoms with Crippen LogP contribution in [-0.4, -0.2) is 17.4 Å². The Morgan fingerprint density at radius 2 is 1.85 bits per heavy atom. The number of rotatable bonds is 3. The molecule has 4 nitrogen and oxygen atoms in total. The van der Waals surface area contributed by atoms with Crippen LogP contribution in [0.2, 0.25) is 0 Å². The van der Waals surface area contributed by atoms with Crippen molar-refractivity contribution >= 4 is 16.6 Å². The summed E-state index contributed by atoms with van der Waals surface area (Å²) in [5, 5.41) is 4.95. The smallest absolute Gasteiger partial charge is 0.199 e. The number of aryl methyl sites for hydroxylation is 1. The molecule has 0 spiro atoms. The molecule has 1 aliphatic rings. The molecule has 1 heterocycles. The zero-order valence-electron chi connectivity index (χ0n) is 15.5. The van der Waals surface area contributed by atoms with Gasteiger partial charge in [-0.25, -0.2) is 0 Å². The first-order valence-corrected chi connectivity index (χ1v) is 9.00. The van der Waals surface area contributed by atoms with Crippen molar-refractivity contribution in [2.45, 2.75) is 33.2 Å². The molecule has 0 saturated heterocycles. The van der Waals surface area contributed by atoms with Gasteiger partial charge in [0, 0.05) is 23.1 Å². The second kappa shape index (κ2) is 6.13. The van der Waals surface area contributed by atoms with Crippen LogP contribution in [0, 0.1) is 0 Å². The zero-order valence-corrected chi connectivity index (χ0v) is 15.5. The summed E-state index contributed by atoms with van der Waals surface area (Å²) in [6.45, 7) is 7.16. The Labute approximate surface area is 152 Å². The standard InChI is InChI=1S/C22H22N2O2/c1-5-24-18-11-10-14(13(2)3)12-17(18)22(25)19-20(23-26-4)15-8-6-7-9-16(15)21(19)24/h6-13H,5H2,1-4H3. The highest BCUT2D eigenvalue weighted by atomic mass is 16.6. The lowest BCUT2D eigenvalue weighted by Gasteiger charge is -2.17. The molecule has 26 heavy (non-hydrogen) atoms. The summed E-state index contributed by atoms with van der Waals surface area (Å²) in [7, 11) is 1.52. The number of benzene rings is 2. The van der Waals surface area contributed by atoms with E-state index in [1.54, 1.807) is 0 Å². The van der Waals surface area contributed by atoms with Crippen molar-refractivity contribution in [3.63, 3.8) is 0 Å². The maximum Gasteiger partial charge on any atom is 0.199 e. The van der Waals surface area contributed by atoms with E-state index in [1.807, 2.05) is 30.3 Å². The van der Waals surface area contributed by atoms with Gasteiger partial charge in [-0.2, -0.15) is 0 Å². The average Bonchev–Trinajstić information content (AvgIpc) is 2.97. The van der Waals surface area contributed by atoms with Crippen LogP contribution < -0.4 is 5.43 Å². The van der Waals surface area contributed by atoms with Gasteiger partial charge in [-0.3, -0.25) is 4.79 Å². The quantitative estimate of drug-likeness (QED) is 0.512. The molecule has 0 bridgehead atoms. The Bertz CT molecular complexity index is 1110. The normalized spacial score (nSPS) is 14.1. The van der Waals surface area contributed by atoms with Crippen molar-refractivity contribution in [3.8, 4) is 11.3 Å². The number of pyridine rings is 1. The van der Waals surface area contributed by atoms with Gasteiger partial charge in [-0.1, -0.05) is 49.3 Å². The van der Waals surface area contributed by atoms with Crippen molar-refractivity contribution in [2.24, 2.45) is 5.16 Å². The third-order valence-corrected chi connectivity index (χ3v) is 5.13. The van der Waals surface area contributed by atoms with E-state index in [-0.39, 0.29) is 5.43 Å². The molecule has 0 radical (unpaired) electrons. The molecule has 132 valence electrons. The fourth-order valence-corrected chi connectivity index (χ4v) is 3.87. The van der Waals surface area contributed by atoms with Crippen LogP contribution in [0.5, 0.6) is 0 Å². The first-order valence-electron chi connectivity index (χ1n) is 9.00. The number of nitrogens with zero attached hydrogens (tertiary/aromatic N) is 2. The maximum absolute atomic E-state index is 13.5. The van der Waals surface area contributed by atoms with E-state index in [1.165, 1.54) is 7.11 Å². The Balaban J connectivity index is 2.19. The monoisotopic (exact) mass is 346 g/mol. The van der Waals surface area contributed by atoms with E-state index < -0.39 is 0 Å². The van der Waals surface area contributed by atoms with Gasteiger partial charge in [0.05, 0.1) is 16.8 Å². The molecule has 0 saturated carbocycles. The van der Waals surface area contributed by atoms with Gasteiger partial charge < -0.3 is 9.40 Å². The Morgan fingerprint density at radius 1 is 1.12 bits per heavy atom. The lowest BCUT2D eigenvalue weighted by Crippen LogP contribution is -2.19. The minimum absolute atomic E-state index is 0.0224. The van der Waals surface area contributed by atoms with Crippen LogP contribution in [0.3, 0.4) is 0 Å². The van der Waals surface area contributed by atoms with Crippen LogP contribution >= 0.6 is 0 Å². The van der Waals surface area contributed by atoms with Crippen molar-refractivity contribution < 1.29 is 4.84 Å². The molecule has 0 fully saturated rings. The molecule has 4 rings (SSSR count). The molecule has 0 amide bonds. The molecule has 0 N–H and O–H groups in total. The number of oxime groups is 1. The maximum atomic E-state index is 13.5. The highest BCUT2D eigenvalue weighted by molar-refractivity contribution is 6.24. The molecule has 0 unspecified atom stereocenters. The van der Waals surface area contributed by atoms with Gasteiger partial charge in [-0.05, 0) is 30.5 Å². The first-order chi connectivity index (χ1) is 12.6. The summed E-state index contributed by atoms with van der Waals surface area (Å²) >= 11 is 0. The molecule has 1 aromatic heterocycles. The molecule has 4 heteroatoms. The van der Waals surface area contributed by atoms with Gasteiger partial charge in [-0.15, -0.1) is 0 Å². The summed E-state index contributed by atoms with van der Waals surface area (Å²) in [5.41, 5.74) is 6.34. The highest BCUT2D eigenvalue weighted by Gasteiger charge is 2.31. The zero-order chi connectivity index (χ0) is 18.4. The fraction of sp³-hybridized carbons (Fsp3) is 0.273. The third-order valence-electron chi connectivity index (χ3n) is 5.13. The van der Waals surface area contributed by atoms with Gasteiger partial charge in [0.2, 0.25) is 0 Å². The summed E-state index contributed by atoms with van der Waals surface area (Å²) in [6, 6.07) is 14.2. The SMILES string of the molecule is CCn1c2c(c(=O)c3cc(C(C)C)ccc31)C(=NOC)c1ccccc1-2. The van der Waals surface area contributed by atoms with Crippen LogP contribution in [-0.2, 0) is 11.4 Å². The number of aromatic nitrogens is 1. The van der Waals surface area contributed by atoms with Gasteiger partial charge in [0.1, 0.15) is 12.8 Å². The van der Waals surface area contributed by atoms with Gasteiger partial charge >= 0.3 is 0 Å². The molecular formula is C22H22N2O2. The minimum atomic E-state index is 0.0224. The summed E-state index contributed by atoms with van der Waals surface area (Å²) in [4.78, 5) is 18.5. The Kier molecular flexibility index (Phi) is 3.91. The Morgan fingerprint density at radius 3 is 2.50 bits per heavy atom. The van der Waals surface area contributed by atoms with E-state index >= 15 is 0 Å². The summed E-state index contributed by atoms with van der Waals surface area (Å²) in [6.07, 6.45) is 0. The topological polar surface area (TPSA) is 43.6 Å². The fourth-order valence-electron chi connectivity index (χ4n) is 3.87. The summed E-state index contributed by atoms with van der Waals surface area (Å²) in [5.74, 6) is 0.367. The van der Waals surface area contributed by atoms with Crippen molar-refractivity contribution in [1.29, 1.82) is 0 Å². The lowest BCUT2D eigenvalue weighted by molar-refractivity contribution is 0.214. The minimum Gasteiger partial charge on any atom is -0.399 e. The predicted octanol–water partition coefficient (Wildman–Crippen LogP) is 4.52. The van der Waals surface area contributed by atoms with Crippen LogP contribution in [0.4, 0.5) is 0 Å². The molecule has 0 atom stereocenters. The van der Waals surface area contributed by atoms with Crippen molar-refractivity contribution in [2.75, 3.05) is 7.11 Å². The molecule has 1 aliphatic carbocycles. The van der Waals surface area contributed by atoms with Gasteiger partial charge in [0.15, 0.2) is 5.43 Å². The second-order valence-electron chi connectivity index (χ2n) is 6.90. The van der Waals surface area contributed by atoms with Crippen LogP contribution in [0.25, 0.3) is 22.2 Å². The van der Waals surface area contributed by atoms with E-state index in [0.717, 1.165) is 39.8 Å². The van der Waals surface area contributed by atoms with Crippen molar-refractivity contribution in [1.82, 2.24) is 4.57 Å². The largest absolute Gasteiger partial charge is 0.399 e. The number of hydrogen-bond donors (Lipinski definition) is 0. The average molecular weight is 346 g/mol. The van der Waals surface area contributed by atoms with E-state index in [2.05, 4.69) is 42.6 Å². The highest BCUT2D eigenvalue weighted by Crippen LogP contribution is 2.37. The van der Waals surface area contributed by atoms with E-state index in [9.17, 15) is 4.79 Å². The Hall–Kier alpha value is -2.88. The van der Waals surface area contributed by atoms with E-state index in [4.69, 9.17) is 4.84 Å². The molecule has 3 aromatic rings. The van der Waals surface area contributed by atoms with Crippen LogP contribution in [0.1, 0.15) is 43.4 Å². The number of fused-ring (bicyclic) bond motifs is 4.